The molecule has 0 saturated heterocycles. The van der Waals surface area contributed by atoms with E-state index in [9.17, 15) is 9.90 Å². The molecule has 0 saturated carbocycles. The molecule has 0 amide bonds. The molecule has 6 heteroatoms. The van der Waals surface area contributed by atoms with Crippen molar-refractivity contribution in [3.63, 3.8) is 0 Å². The number of benzene rings is 1. The van der Waals surface area contributed by atoms with Crippen LogP contribution in [0, 0.1) is 0 Å². The Morgan fingerprint density at radius 2 is 1.38 bits per heavy atom. The summed E-state index contributed by atoms with van der Waals surface area (Å²) in [7, 11) is 0. The van der Waals surface area contributed by atoms with Gasteiger partial charge in [-0.15, -0.1) is 0 Å². The van der Waals surface area contributed by atoms with Crippen LogP contribution in [0.1, 0.15) is 10.4 Å². The molecule has 0 aromatic heterocycles. The van der Waals surface area contributed by atoms with Crippen LogP contribution in [0.5, 0.6) is 0 Å². The number of carboxylic acid groups (broad SMARTS) is 1. The van der Waals surface area contributed by atoms with Crippen molar-refractivity contribution in [1.29, 1.82) is 0 Å². The average Bonchev–Trinajstić information content (AvgIpc) is 1.90. The Hall–Kier alpha value is 0.274. The SMILES string of the molecule is O=C([O-])c1ccccc1.[Cl-].[Cl-].[Cl-].[Ti+4]. The molecule has 0 spiro atoms. The minimum atomic E-state index is -1.13. The van der Waals surface area contributed by atoms with Crippen LogP contribution in [0.15, 0.2) is 30.3 Å². The smallest absolute Gasteiger partial charge is 1.00 e. The number of carbonyl (C=O) groups excluding carboxylic acids is 1. The molecule has 1 rings (SSSR count). The van der Waals surface area contributed by atoms with E-state index in [4.69, 9.17) is 0 Å². The third kappa shape index (κ3) is 8.60. The van der Waals surface area contributed by atoms with Gasteiger partial charge in [0.15, 0.2) is 0 Å². The summed E-state index contributed by atoms with van der Waals surface area (Å²) in [5, 5.41) is 10.1. The fraction of sp³-hybridized carbons (Fsp3) is 0. The van der Waals surface area contributed by atoms with Crippen LogP contribution in [0.25, 0.3) is 0 Å². The Bertz CT molecular complexity index is 218. The van der Waals surface area contributed by atoms with Crippen LogP contribution in [0.2, 0.25) is 0 Å². The van der Waals surface area contributed by atoms with Gasteiger partial charge in [-0.1, -0.05) is 30.3 Å². The zero-order valence-corrected chi connectivity index (χ0v) is 10.2. The number of hydrogen-bond acceptors (Lipinski definition) is 2. The van der Waals surface area contributed by atoms with Crippen LogP contribution in [-0.2, 0) is 21.7 Å². The number of aromatic carboxylic acids is 1. The molecule has 2 nitrogen and oxygen atoms in total. The molecule has 0 aliphatic carbocycles. The third-order valence-corrected chi connectivity index (χ3v) is 1.01. The van der Waals surface area contributed by atoms with Crippen molar-refractivity contribution in [2.24, 2.45) is 0 Å². The number of hydrogen-bond donors (Lipinski definition) is 0. The van der Waals surface area contributed by atoms with Gasteiger partial charge in [-0.25, -0.2) is 0 Å². The van der Waals surface area contributed by atoms with E-state index in [2.05, 4.69) is 0 Å². The first-order valence-corrected chi connectivity index (χ1v) is 2.57. The summed E-state index contributed by atoms with van der Waals surface area (Å²) >= 11 is 0. The molecular weight excluding hydrogens is 270 g/mol. The minimum absolute atomic E-state index is 0. The van der Waals surface area contributed by atoms with Crippen LogP contribution in [0.3, 0.4) is 0 Å². The van der Waals surface area contributed by atoms with E-state index in [0.717, 1.165) is 0 Å². The molecule has 1 aromatic carbocycles. The van der Waals surface area contributed by atoms with Gasteiger partial charge in [0.25, 0.3) is 0 Å². The van der Waals surface area contributed by atoms with Crippen molar-refractivity contribution >= 4 is 5.97 Å². The molecule has 0 fully saturated rings. The summed E-state index contributed by atoms with van der Waals surface area (Å²) < 4.78 is 0. The summed E-state index contributed by atoms with van der Waals surface area (Å²) in [6.45, 7) is 0. The van der Waals surface area contributed by atoms with Gasteiger partial charge in [0.2, 0.25) is 0 Å². The van der Waals surface area contributed by atoms with E-state index >= 15 is 0 Å². The van der Waals surface area contributed by atoms with Crippen molar-refractivity contribution in [2.75, 3.05) is 0 Å². The van der Waals surface area contributed by atoms with Crippen molar-refractivity contribution in [1.82, 2.24) is 0 Å². The van der Waals surface area contributed by atoms with Gasteiger partial charge in [0, 0.05) is 0 Å². The average molecular weight is 275 g/mol. The third-order valence-electron chi connectivity index (χ3n) is 1.01. The first kappa shape index (κ1) is 23.3. The zero-order chi connectivity index (χ0) is 6.69. The predicted molar refractivity (Wildman–Crippen MR) is 30.8 cm³/mol. The summed E-state index contributed by atoms with van der Waals surface area (Å²) in [5.41, 5.74) is 0.220. The summed E-state index contributed by atoms with van der Waals surface area (Å²) in [6.07, 6.45) is 0. The van der Waals surface area contributed by atoms with Gasteiger partial charge in [0.05, 0.1) is 5.97 Å². The van der Waals surface area contributed by atoms with E-state index in [0.29, 0.717) is 0 Å². The van der Waals surface area contributed by atoms with Crippen LogP contribution in [-0.4, -0.2) is 5.97 Å². The van der Waals surface area contributed by atoms with Crippen molar-refractivity contribution < 1.29 is 68.8 Å². The Morgan fingerprint density at radius 3 is 1.62 bits per heavy atom. The van der Waals surface area contributed by atoms with Gasteiger partial charge < -0.3 is 47.1 Å². The molecule has 1 aromatic rings. The number of carboxylic acids is 1. The van der Waals surface area contributed by atoms with E-state index in [1.54, 1.807) is 18.2 Å². The van der Waals surface area contributed by atoms with Crippen LogP contribution in [0.4, 0.5) is 0 Å². The fourth-order valence-electron chi connectivity index (χ4n) is 0.574. The van der Waals surface area contributed by atoms with Crippen LogP contribution >= 0.6 is 0 Å². The summed E-state index contributed by atoms with van der Waals surface area (Å²) in [5.74, 6) is -1.13. The maximum Gasteiger partial charge on any atom is 4.00 e. The van der Waals surface area contributed by atoms with Gasteiger partial charge in [0.1, 0.15) is 0 Å². The summed E-state index contributed by atoms with van der Waals surface area (Å²) in [6, 6.07) is 8.06. The Labute approximate surface area is 110 Å². The minimum Gasteiger partial charge on any atom is -1.00 e. The largest absolute Gasteiger partial charge is 4.00 e. The molecule has 0 aliphatic rings. The number of rotatable bonds is 1. The quantitative estimate of drug-likeness (QED) is 0.478. The van der Waals surface area contributed by atoms with Crippen molar-refractivity contribution in [3.05, 3.63) is 35.9 Å². The van der Waals surface area contributed by atoms with Crippen molar-refractivity contribution in [2.45, 2.75) is 0 Å². The van der Waals surface area contributed by atoms with Gasteiger partial charge in [-0.05, 0) is 5.56 Å². The van der Waals surface area contributed by atoms with Crippen LogP contribution < -0.4 is 42.3 Å². The molecule has 0 bridgehead atoms. The molecule has 0 radical (unpaired) electrons. The first-order chi connectivity index (χ1) is 4.30. The van der Waals surface area contributed by atoms with E-state index < -0.39 is 5.97 Å². The number of carbonyl (C=O) groups is 1. The molecule has 0 heterocycles. The standard InChI is InChI=1S/C7H6O2.3ClH.Ti/c8-7(9)6-4-2-1-3-5-6;;;;/h1-5H,(H,8,9);3*1H;/q;;;;+4/p-4. The second-order valence-electron chi connectivity index (χ2n) is 1.65. The Morgan fingerprint density at radius 1 is 1.00 bits per heavy atom. The Balaban J connectivity index is -0.000000101. The molecule has 0 aliphatic heterocycles. The topological polar surface area (TPSA) is 40.1 Å². The molecule has 70 valence electrons. The second-order valence-corrected chi connectivity index (χ2v) is 1.65. The first-order valence-electron chi connectivity index (χ1n) is 2.57. The normalized spacial score (nSPS) is 6.15. The molecule has 0 atom stereocenters. The monoisotopic (exact) mass is 274 g/mol. The molecule has 13 heavy (non-hydrogen) atoms. The van der Waals surface area contributed by atoms with Gasteiger partial charge in [-0.3, -0.25) is 0 Å². The maximum atomic E-state index is 10.1. The molecule has 0 N–H and O–H groups in total. The predicted octanol–water partition coefficient (Wildman–Crippen LogP) is -8.94. The summed E-state index contributed by atoms with van der Waals surface area (Å²) in [4.78, 5) is 10.1. The molecule has 0 unspecified atom stereocenters. The van der Waals surface area contributed by atoms with Crippen molar-refractivity contribution in [3.8, 4) is 0 Å². The van der Waals surface area contributed by atoms with E-state index in [1.807, 2.05) is 0 Å². The van der Waals surface area contributed by atoms with E-state index in [1.165, 1.54) is 12.1 Å². The maximum absolute atomic E-state index is 10.1. The zero-order valence-electron chi connectivity index (χ0n) is 6.34. The van der Waals surface area contributed by atoms with Gasteiger partial charge >= 0.3 is 21.7 Å². The number of halogens is 3. The molecular formula is C7H5Cl3O2Ti. The van der Waals surface area contributed by atoms with Gasteiger partial charge in [-0.2, -0.15) is 0 Å². The Kier molecular flexibility index (Phi) is 22.0. The fourth-order valence-corrected chi connectivity index (χ4v) is 0.574. The van der Waals surface area contributed by atoms with E-state index in [-0.39, 0.29) is 64.5 Å². The second kappa shape index (κ2) is 12.3.